The van der Waals surface area contributed by atoms with E-state index in [9.17, 15) is 8.42 Å². The van der Waals surface area contributed by atoms with Crippen molar-refractivity contribution in [2.45, 2.75) is 20.1 Å². The number of hydrogen-bond acceptors (Lipinski definition) is 3. The van der Waals surface area contributed by atoms with Crippen LogP contribution < -0.4 is 0 Å². The molecule has 0 unspecified atom stereocenters. The third-order valence-corrected chi connectivity index (χ3v) is 3.02. The predicted octanol–water partition coefficient (Wildman–Crippen LogP) is 0.0347. The smallest absolute Gasteiger partial charge is 0.286 e. The van der Waals surface area contributed by atoms with Crippen LogP contribution in [0, 0.1) is 0 Å². The Kier molecular flexibility index (Phi) is 3.97. The lowest BCUT2D eigenvalue weighted by molar-refractivity contribution is 0.573. The number of sulfone groups is 1. The van der Waals surface area contributed by atoms with Crippen molar-refractivity contribution in [1.82, 2.24) is 0 Å². The molecule has 0 aromatic heterocycles. The molecule has 0 bridgehead atoms. The Labute approximate surface area is 62.5 Å². The van der Waals surface area contributed by atoms with Crippen LogP contribution in [0.3, 0.4) is 0 Å². The van der Waals surface area contributed by atoms with E-state index in [1.54, 1.807) is 13.7 Å². The van der Waals surface area contributed by atoms with Crippen LogP contribution in [0.15, 0.2) is 0 Å². The molecule has 3 nitrogen and oxygen atoms in total. The number of hydrogen-bond donors (Lipinski definition) is 1. The lowest BCUT2D eigenvalue weighted by Gasteiger charge is -1.99. The maximum atomic E-state index is 10.8. The van der Waals surface area contributed by atoms with Crippen molar-refractivity contribution in [3.63, 3.8) is 0 Å². The summed E-state index contributed by atoms with van der Waals surface area (Å²) in [5, 5.41) is 8.75. The highest BCUT2D eigenvalue weighted by molar-refractivity contribution is 7.91. The van der Waals surface area contributed by atoms with E-state index in [2.05, 4.69) is 0 Å². The van der Waals surface area contributed by atoms with Crippen molar-refractivity contribution in [2.75, 3.05) is 11.5 Å². The zero-order valence-electron chi connectivity index (χ0n) is 6.37. The quantitative estimate of drug-likeness (QED) is 0.596. The van der Waals surface area contributed by atoms with Crippen molar-refractivity contribution >= 4 is 16.8 Å². The van der Waals surface area contributed by atoms with Crippen LogP contribution in [-0.2, 0) is 9.84 Å². The van der Waals surface area contributed by atoms with Gasteiger partial charge in [-0.05, 0) is 6.32 Å². The van der Waals surface area contributed by atoms with E-state index >= 15 is 0 Å². The summed E-state index contributed by atoms with van der Waals surface area (Å²) < 4.78 is 21.6. The average molecular weight is 164 g/mol. The van der Waals surface area contributed by atoms with Crippen LogP contribution >= 0.6 is 0 Å². The zero-order valence-corrected chi connectivity index (χ0v) is 7.19. The summed E-state index contributed by atoms with van der Waals surface area (Å²) in [7, 11) is -2.87. The van der Waals surface area contributed by atoms with E-state index in [4.69, 9.17) is 5.02 Å². The molecule has 0 fully saturated rings. The molecule has 0 saturated heterocycles. The molecule has 0 atom stereocenters. The first kappa shape index (κ1) is 9.97. The molecule has 0 aliphatic rings. The van der Waals surface area contributed by atoms with Crippen LogP contribution in [0.5, 0.6) is 0 Å². The molecule has 10 heavy (non-hydrogen) atoms. The Morgan fingerprint density at radius 2 is 2.00 bits per heavy atom. The van der Waals surface area contributed by atoms with Gasteiger partial charge in [-0.15, -0.1) is 0 Å². The van der Waals surface area contributed by atoms with E-state index in [1.807, 2.05) is 0 Å². The van der Waals surface area contributed by atoms with E-state index in [1.165, 1.54) is 0 Å². The van der Waals surface area contributed by atoms with Gasteiger partial charge in [0.2, 0.25) is 0 Å². The van der Waals surface area contributed by atoms with Gasteiger partial charge in [-0.3, -0.25) is 0 Å². The second kappa shape index (κ2) is 3.98. The van der Waals surface area contributed by atoms with Crippen molar-refractivity contribution in [2.24, 2.45) is 0 Å². The molecular weight excluding hydrogens is 151 g/mol. The highest BCUT2D eigenvalue weighted by Crippen LogP contribution is 1.96. The second-order valence-corrected chi connectivity index (χ2v) is 4.85. The first-order valence-electron chi connectivity index (χ1n) is 3.36. The Hall–Kier alpha value is -0.0251. The lowest BCUT2D eigenvalue weighted by Crippen LogP contribution is -2.15. The van der Waals surface area contributed by atoms with Gasteiger partial charge < -0.3 is 5.02 Å². The van der Waals surface area contributed by atoms with E-state index in [-0.39, 0.29) is 11.5 Å². The van der Waals surface area contributed by atoms with Crippen molar-refractivity contribution in [1.29, 1.82) is 0 Å². The average Bonchev–Trinajstić information content (AvgIpc) is 1.85. The fourth-order valence-electron chi connectivity index (χ4n) is 0.494. The summed E-state index contributed by atoms with van der Waals surface area (Å²) in [5.74, 6) is 0.265. The molecule has 5 heteroatoms. The summed E-state index contributed by atoms with van der Waals surface area (Å²) >= 11 is 0. The maximum Gasteiger partial charge on any atom is 0.286 e. The third kappa shape index (κ3) is 4.82. The maximum absolute atomic E-state index is 10.8. The molecule has 0 aliphatic heterocycles. The first-order valence-corrected chi connectivity index (χ1v) is 5.18. The molecule has 0 aromatic rings. The minimum Gasteiger partial charge on any atom is -0.451 e. The first-order chi connectivity index (χ1) is 4.48. The van der Waals surface area contributed by atoms with Crippen LogP contribution in [0.4, 0.5) is 0 Å². The van der Waals surface area contributed by atoms with Gasteiger partial charge >= 0.3 is 0 Å². The van der Waals surface area contributed by atoms with Gasteiger partial charge in [0.15, 0.2) is 0 Å². The van der Waals surface area contributed by atoms with Crippen molar-refractivity contribution in [3.05, 3.63) is 0 Å². The lowest BCUT2D eigenvalue weighted by atomic mass is 9.69. The molecule has 0 saturated carbocycles. The topological polar surface area (TPSA) is 54.4 Å². The fraction of sp³-hybridized carbons (Fsp3) is 1.00. The van der Waals surface area contributed by atoms with Crippen molar-refractivity contribution in [3.8, 4) is 0 Å². The summed E-state index contributed by atoms with van der Waals surface area (Å²) in [4.78, 5) is 0. The fourth-order valence-corrected chi connectivity index (χ4v) is 1.48. The summed E-state index contributed by atoms with van der Waals surface area (Å²) in [6.07, 6.45) is 0.343. The highest BCUT2D eigenvalue weighted by Gasteiger charge is 2.10. The van der Waals surface area contributed by atoms with Crippen LogP contribution in [-0.4, -0.2) is 31.9 Å². The largest absolute Gasteiger partial charge is 0.451 e. The van der Waals surface area contributed by atoms with Gasteiger partial charge in [0.1, 0.15) is 9.84 Å². The molecule has 0 rings (SSSR count). The van der Waals surface area contributed by atoms with Gasteiger partial charge in [-0.2, -0.15) is 0 Å². The van der Waals surface area contributed by atoms with E-state index < -0.39 is 16.8 Å². The molecular formula is C5H13BO3S. The molecule has 0 aliphatic carbocycles. The summed E-state index contributed by atoms with van der Waals surface area (Å²) in [6, 6.07) is 0. The predicted molar refractivity (Wildman–Crippen MR) is 43.0 cm³/mol. The second-order valence-electron chi connectivity index (χ2n) is 2.37. The van der Waals surface area contributed by atoms with E-state index in [0.717, 1.165) is 0 Å². The van der Waals surface area contributed by atoms with Gasteiger partial charge in [-0.1, -0.05) is 13.7 Å². The normalized spacial score (nSPS) is 11.5. The molecule has 0 amide bonds. The zero-order chi connectivity index (χ0) is 8.20. The molecule has 0 heterocycles. The van der Waals surface area contributed by atoms with Gasteiger partial charge in [0, 0.05) is 11.5 Å². The van der Waals surface area contributed by atoms with Gasteiger partial charge in [0.25, 0.3) is 6.92 Å². The Balaban J connectivity index is 3.70. The SMILES string of the molecule is CCS(=O)(=O)CCB(C)O. The Morgan fingerprint density at radius 3 is 2.30 bits per heavy atom. The van der Waals surface area contributed by atoms with Crippen LogP contribution in [0.1, 0.15) is 6.92 Å². The third-order valence-electron chi connectivity index (χ3n) is 1.29. The minimum atomic E-state index is -2.87. The Morgan fingerprint density at radius 1 is 1.50 bits per heavy atom. The molecule has 1 N–H and O–H groups in total. The van der Waals surface area contributed by atoms with Crippen LogP contribution in [0.2, 0.25) is 13.1 Å². The monoisotopic (exact) mass is 164 g/mol. The van der Waals surface area contributed by atoms with Gasteiger partial charge in [-0.25, -0.2) is 8.42 Å². The Bertz CT molecular complexity index is 173. The van der Waals surface area contributed by atoms with E-state index in [0.29, 0.717) is 6.32 Å². The number of rotatable bonds is 4. The minimum absolute atomic E-state index is 0.0984. The van der Waals surface area contributed by atoms with Gasteiger partial charge in [0.05, 0.1) is 0 Å². The molecule has 0 spiro atoms. The standard InChI is InChI=1S/C5H13BO3S/c1-3-10(8,9)5-4-6(2)7/h7H,3-5H2,1-2H3. The molecule has 60 valence electrons. The van der Waals surface area contributed by atoms with Crippen LogP contribution in [0.25, 0.3) is 0 Å². The molecule has 0 radical (unpaired) electrons. The summed E-state index contributed by atoms with van der Waals surface area (Å²) in [6.45, 7) is 2.68. The molecule has 0 aromatic carbocycles. The summed E-state index contributed by atoms with van der Waals surface area (Å²) in [5.41, 5.74) is 0. The highest BCUT2D eigenvalue weighted by atomic mass is 32.2. The van der Waals surface area contributed by atoms with Crippen molar-refractivity contribution < 1.29 is 13.4 Å².